The number of nitrogens with zero attached hydrogens (tertiary/aromatic N) is 1. The van der Waals surface area contributed by atoms with Gasteiger partial charge in [-0.05, 0) is 42.9 Å². The van der Waals surface area contributed by atoms with E-state index >= 15 is 0 Å². The molecule has 0 atom stereocenters. The first kappa shape index (κ1) is 19.9. The van der Waals surface area contributed by atoms with E-state index in [0.717, 1.165) is 4.90 Å². The van der Waals surface area contributed by atoms with Gasteiger partial charge < -0.3 is 14.6 Å². The van der Waals surface area contributed by atoms with Crippen LogP contribution in [0.2, 0.25) is 0 Å². The highest BCUT2D eigenvalue weighted by atomic mass is 79.9. The maximum atomic E-state index is 12.3. The molecule has 8 nitrogen and oxygen atoms in total. The lowest BCUT2D eigenvalue weighted by Crippen LogP contribution is -2.52. The van der Waals surface area contributed by atoms with Crippen molar-refractivity contribution in [1.82, 2.24) is 10.2 Å². The highest BCUT2D eigenvalue weighted by molar-refractivity contribution is 9.10. The van der Waals surface area contributed by atoms with Crippen molar-refractivity contribution in [2.24, 2.45) is 0 Å². The zero-order valence-corrected chi connectivity index (χ0v) is 16.3. The van der Waals surface area contributed by atoms with E-state index in [2.05, 4.69) is 21.2 Å². The van der Waals surface area contributed by atoms with Gasteiger partial charge >= 0.3 is 5.97 Å². The van der Waals surface area contributed by atoms with E-state index in [1.807, 2.05) is 0 Å². The van der Waals surface area contributed by atoms with Crippen LogP contribution in [0, 0.1) is 0 Å². The van der Waals surface area contributed by atoms with Gasteiger partial charge in [-0.1, -0.05) is 15.9 Å². The molecule has 1 saturated heterocycles. The molecule has 2 amide bonds. The number of carboxylic acid groups (broad SMARTS) is 1. The minimum atomic E-state index is -1.13. The Labute approximate surface area is 162 Å². The second kappa shape index (κ2) is 8.28. The summed E-state index contributed by atoms with van der Waals surface area (Å²) in [4.78, 5) is 36.2. The van der Waals surface area contributed by atoms with Crippen molar-refractivity contribution >= 4 is 57.1 Å². The number of ether oxygens (including phenoxy) is 2. The third kappa shape index (κ3) is 4.38. The number of hydrogen-bond acceptors (Lipinski definition) is 6. The molecule has 1 aliphatic rings. The van der Waals surface area contributed by atoms with Crippen LogP contribution in [-0.4, -0.2) is 53.2 Å². The number of carbonyl (C=O) groups is 3. The van der Waals surface area contributed by atoms with Crippen LogP contribution in [0.4, 0.5) is 0 Å². The Hall–Kier alpha value is -2.46. The summed E-state index contributed by atoms with van der Waals surface area (Å²) in [6.45, 7) is 1.54. The number of rotatable bonds is 6. The Bertz CT molecular complexity index is 823. The molecule has 1 heterocycles. The van der Waals surface area contributed by atoms with Crippen LogP contribution in [0.25, 0.3) is 6.08 Å². The second-order valence-corrected chi connectivity index (χ2v) is 6.36. The van der Waals surface area contributed by atoms with E-state index in [-0.39, 0.29) is 22.2 Å². The lowest BCUT2D eigenvalue weighted by atomic mass is 10.1. The molecule has 138 valence electrons. The van der Waals surface area contributed by atoms with Gasteiger partial charge in [0.2, 0.25) is 0 Å². The Morgan fingerprint density at radius 3 is 2.62 bits per heavy atom. The van der Waals surface area contributed by atoms with Gasteiger partial charge in [0, 0.05) is 11.5 Å². The van der Waals surface area contributed by atoms with Crippen molar-refractivity contribution in [3.8, 4) is 11.5 Å². The van der Waals surface area contributed by atoms with Crippen molar-refractivity contribution in [3.63, 3.8) is 0 Å². The standard InChI is InChI=1S/C16H15BrN2O6S/c1-3-24-11-5-8(10(17)6-12(11)25-7-13(20)21)4-9-14(22)18-16(26)19(2)15(9)23/h4-6H,3,7H2,1-2H3,(H,20,21)(H,18,22,26)/b9-4+. The van der Waals surface area contributed by atoms with Gasteiger partial charge in [-0.3, -0.25) is 19.8 Å². The fourth-order valence-electron chi connectivity index (χ4n) is 2.08. The number of amides is 2. The first-order chi connectivity index (χ1) is 12.2. The SMILES string of the molecule is CCOc1cc(/C=C2\C(=O)NC(=S)N(C)C2=O)c(Br)cc1OCC(=O)O. The molecule has 2 rings (SSSR count). The highest BCUT2D eigenvalue weighted by Crippen LogP contribution is 2.35. The number of aliphatic carboxylic acids is 1. The number of benzene rings is 1. The summed E-state index contributed by atoms with van der Waals surface area (Å²) in [5, 5.41) is 11.2. The molecule has 0 bridgehead atoms. The molecule has 10 heteroatoms. The van der Waals surface area contributed by atoms with Crippen LogP contribution in [0.3, 0.4) is 0 Å². The van der Waals surface area contributed by atoms with Crippen molar-refractivity contribution in [2.75, 3.05) is 20.3 Å². The van der Waals surface area contributed by atoms with Gasteiger partial charge in [0.25, 0.3) is 11.8 Å². The zero-order valence-electron chi connectivity index (χ0n) is 13.9. The molecule has 0 radical (unpaired) electrons. The summed E-state index contributed by atoms with van der Waals surface area (Å²) in [6.07, 6.45) is 1.39. The van der Waals surface area contributed by atoms with Crippen molar-refractivity contribution < 1.29 is 29.0 Å². The maximum Gasteiger partial charge on any atom is 0.341 e. The van der Waals surface area contributed by atoms with Crippen LogP contribution in [0.15, 0.2) is 22.2 Å². The molecule has 0 unspecified atom stereocenters. The van der Waals surface area contributed by atoms with E-state index in [1.165, 1.54) is 19.2 Å². The Morgan fingerprint density at radius 1 is 1.35 bits per heavy atom. The van der Waals surface area contributed by atoms with Gasteiger partial charge in [-0.25, -0.2) is 4.79 Å². The van der Waals surface area contributed by atoms with E-state index in [0.29, 0.717) is 16.6 Å². The largest absolute Gasteiger partial charge is 0.490 e. The maximum absolute atomic E-state index is 12.3. The van der Waals surface area contributed by atoms with Gasteiger partial charge in [0.15, 0.2) is 23.2 Å². The van der Waals surface area contributed by atoms with Gasteiger partial charge in [0.05, 0.1) is 6.61 Å². The molecule has 1 aliphatic heterocycles. The number of carbonyl (C=O) groups excluding carboxylic acids is 2. The van der Waals surface area contributed by atoms with E-state index in [9.17, 15) is 14.4 Å². The van der Waals surface area contributed by atoms with Crippen LogP contribution in [0.5, 0.6) is 11.5 Å². The van der Waals surface area contributed by atoms with Crippen LogP contribution >= 0.6 is 28.1 Å². The summed E-state index contributed by atoms with van der Waals surface area (Å²) in [6, 6.07) is 3.06. The first-order valence-electron chi connectivity index (χ1n) is 7.40. The Kier molecular flexibility index (Phi) is 6.32. The van der Waals surface area contributed by atoms with E-state index in [1.54, 1.807) is 13.0 Å². The summed E-state index contributed by atoms with van der Waals surface area (Å²) in [5.74, 6) is -1.75. The average Bonchev–Trinajstić information content (AvgIpc) is 2.57. The average molecular weight is 443 g/mol. The van der Waals surface area contributed by atoms with E-state index < -0.39 is 24.4 Å². The van der Waals surface area contributed by atoms with Gasteiger partial charge in [-0.15, -0.1) is 0 Å². The molecule has 0 aromatic heterocycles. The molecular weight excluding hydrogens is 428 g/mol. The number of hydrogen-bond donors (Lipinski definition) is 2. The van der Waals surface area contributed by atoms with Crippen LogP contribution < -0.4 is 14.8 Å². The number of thiocarbonyl (C=S) groups is 1. The number of nitrogens with one attached hydrogen (secondary N) is 1. The lowest BCUT2D eigenvalue weighted by molar-refractivity contribution is -0.139. The molecule has 2 N–H and O–H groups in total. The monoisotopic (exact) mass is 442 g/mol. The number of likely N-dealkylation sites (N-methyl/N-ethyl adjacent to an activating group) is 1. The van der Waals surface area contributed by atoms with Gasteiger partial charge in [0.1, 0.15) is 5.57 Å². The summed E-state index contributed by atoms with van der Waals surface area (Å²) in [5.41, 5.74) is 0.388. The number of halogens is 1. The summed E-state index contributed by atoms with van der Waals surface area (Å²) >= 11 is 8.22. The fraction of sp³-hybridized carbons (Fsp3) is 0.250. The highest BCUT2D eigenvalue weighted by Gasteiger charge is 2.31. The first-order valence-corrected chi connectivity index (χ1v) is 8.60. The van der Waals surface area contributed by atoms with Crippen molar-refractivity contribution in [3.05, 3.63) is 27.7 Å². The molecular formula is C16H15BrN2O6S. The lowest BCUT2D eigenvalue weighted by Gasteiger charge is -2.25. The normalized spacial score (nSPS) is 15.9. The number of carboxylic acids is 1. The Morgan fingerprint density at radius 2 is 2.00 bits per heavy atom. The molecule has 0 spiro atoms. The molecule has 1 aromatic carbocycles. The molecule has 26 heavy (non-hydrogen) atoms. The molecule has 0 aliphatic carbocycles. The summed E-state index contributed by atoms with van der Waals surface area (Å²) < 4.78 is 11.2. The Balaban J connectivity index is 2.44. The van der Waals surface area contributed by atoms with E-state index in [4.69, 9.17) is 26.8 Å². The zero-order chi connectivity index (χ0) is 19.4. The third-order valence-electron chi connectivity index (χ3n) is 3.32. The van der Waals surface area contributed by atoms with Crippen molar-refractivity contribution in [2.45, 2.75) is 6.92 Å². The smallest absolute Gasteiger partial charge is 0.341 e. The van der Waals surface area contributed by atoms with Crippen molar-refractivity contribution in [1.29, 1.82) is 0 Å². The summed E-state index contributed by atoms with van der Waals surface area (Å²) in [7, 11) is 1.46. The quantitative estimate of drug-likeness (QED) is 0.391. The van der Waals surface area contributed by atoms with Crippen LogP contribution in [0.1, 0.15) is 12.5 Å². The van der Waals surface area contributed by atoms with Crippen LogP contribution in [-0.2, 0) is 14.4 Å². The topological polar surface area (TPSA) is 105 Å². The second-order valence-electron chi connectivity index (χ2n) is 5.12. The predicted octanol–water partition coefficient (Wildman–Crippen LogP) is 1.57. The third-order valence-corrected chi connectivity index (χ3v) is 4.38. The molecule has 0 saturated carbocycles. The molecule has 1 fully saturated rings. The molecule has 1 aromatic rings. The fourth-order valence-corrected chi connectivity index (χ4v) is 2.70. The minimum Gasteiger partial charge on any atom is -0.490 e. The minimum absolute atomic E-state index is 0.0311. The van der Waals surface area contributed by atoms with Gasteiger partial charge in [-0.2, -0.15) is 0 Å². The predicted molar refractivity (Wildman–Crippen MR) is 99.9 cm³/mol.